The highest BCUT2D eigenvalue weighted by Gasteiger charge is 2.27. The third kappa shape index (κ3) is 1.40. The first-order chi connectivity index (χ1) is 4.69. The number of halogens is 1. The van der Waals surface area contributed by atoms with E-state index >= 15 is 0 Å². The van der Waals surface area contributed by atoms with Crippen molar-refractivity contribution < 1.29 is 0 Å². The van der Waals surface area contributed by atoms with Crippen molar-refractivity contribution in [3.63, 3.8) is 0 Å². The SMILES string of the molecule is CC1C=CC=CC1(C)SCl. The van der Waals surface area contributed by atoms with Crippen LogP contribution >= 0.6 is 21.7 Å². The Bertz CT molecular complexity index is 174. The maximum atomic E-state index is 5.75. The number of rotatable bonds is 1. The van der Waals surface area contributed by atoms with Crippen molar-refractivity contribution in [2.45, 2.75) is 18.6 Å². The zero-order valence-corrected chi connectivity index (χ0v) is 7.75. The highest BCUT2D eigenvalue weighted by molar-refractivity contribution is 8.22. The van der Waals surface area contributed by atoms with Crippen LogP contribution < -0.4 is 0 Å². The first kappa shape index (κ1) is 8.22. The first-order valence-electron chi connectivity index (χ1n) is 3.35. The fourth-order valence-electron chi connectivity index (χ4n) is 0.916. The Morgan fingerprint density at radius 2 is 2.20 bits per heavy atom. The summed E-state index contributed by atoms with van der Waals surface area (Å²) in [6.07, 6.45) is 8.44. The molecule has 1 aliphatic rings. The van der Waals surface area contributed by atoms with E-state index in [9.17, 15) is 0 Å². The molecule has 2 atom stereocenters. The minimum absolute atomic E-state index is 0.0936. The van der Waals surface area contributed by atoms with Gasteiger partial charge in [-0.15, -0.1) is 0 Å². The summed E-state index contributed by atoms with van der Waals surface area (Å²) in [6, 6.07) is 0. The molecule has 0 spiro atoms. The van der Waals surface area contributed by atoms with Gasteiger partial charge in [-0.05, 0) is 34.5 Å². The van der Waals surface area contributed by atoms with Gasteiger partial charge in [0, 0.05) is 0 Å². The number of allylic oxidation sites excluding steroid dienone is 3. The van der Waals surface area contributed by atoms with Gasteiger partial charge in [0.05, 0.1) is 4.75 Å². The van der Waals surface area contributed by atoms with Gasteiger partial charge >= 0.3 is 0 Å². The van der Waals surface area contributed by atoms with Gasteiger partial charge in [0.2, 0.25) is 0 Å². The van der Waals surface area contributed by atoms with Crippen LogP contribution in [-0.2, 0) is 0 Å². The van der Waals surface area contributed by atoms with Crippen LogP contribution in [-0.4, -0.2) is 4.75 Å². The summed E-state index contributed by atoms with van der Waals surface area (Å²) in [5, 5.41) is 0. The van der Waals surface area contributed by atoms with Gasteiger partial charge < -0.3 is 0 Å². The van der Waals surface area contributed by atoms with Gasteiger partial charge in [-0.3, -0.25) is 0 Å². The highest BCUT2D eigenvalue weighted by atomic mass is 35.7. The van der Waals surface area contributed by atoms with E-state index in [0.717, 1.165) is 0 Å². The Labute approximate surface area is 70.8 Å². The van der Waals surface area contributed by atoms with E-state index in [1.807, 2.05) is 0 Å². The molecule has 0 aromatic heterocycles. The summed E-state index contributed by atoms with van der Waals surface area (Å²) in [7, 11) is 7.14. The molecule has 0 saturated carbocycles. The van der Waals surface area contributed by atoms with Gasteiger partial charge in [0.25, 0.3) is 0 Å². The standard InChI is InChI=1S/C8H11ClS/c1-7-5-3-4-6-8(7,2)10-9/h3-7H,1-2H3. The molecule has 0 nitrogen and oxygen atoms in total. The Morgan fingerprint density at radius 1 is 1.50 bits per heavy atom. The maximum absolute atomic E-state index is 5.75. The second-order valence-corrected chi connectivity index (χ2v) is 4.29. The summed E-state index contributed by atoms with van der Waals surface area (Å²) in [4.78, 5) is 0. The van der Waals surface area contributed by atoms with Crippen LogP contribution in [0.15, 0.2) is 24.3 Å². The summed E-state index contributed by atoms with van der Waals surface area (Å²) in [5.41, 5.74) is 0. The molecule has 0 radical (unpaired) electrons. The smallest absolute Gasteiger partial charge is 0.0525 e. The lowest BCUT2D eigenvalue weighted by atomic mass is 9.91. The lowest BCUT2D eigenvalue weighted by Gasteiger charge is -2.28. The Kier molecular flexibility index (Phi) is 2.48. The molecule has 10 heavy (non-hydrogen) atoms. The monoisotopic (exact) mass is 174 g/mol. The van der Waals surface area contributed by atoms with Crippen LogP contribution in [0.2, 0.25) is 0 Å². The summed E-state index contributed by atoms with van der Waals surface area (Å²) < 4.78 is 0.0936. The molecule has 0 heterocycles. The fraction of sp³-hybridized carbons (Fsp3) is 0.500. The number of hydrogen-bond donors (Lipinski definition) is 0. The molecule has 0 amide bonds. The molecule has 1 aliphatic carbocycles. The molecule has 0 bridgehead atoms. The largest absolute Gasteiger partial charge is 0.0800 e. The van der Waals surface area contributed by atoms with Crippen molar-refractivity contribution in [3.8, 4) is 0 Å². The van der Waals surface area contributed by atoms with Gasteiger partial charge in [0.1, 0.15) is 0 Å². The molecule has 0 saturated heterocycles. The van der Waals surface area contributed by atoms with Crippen molar-refractivity contribution in [2.75, 3.05) is 0 Å². The molecule has 0 aliphatic heterocycles. The van der Waals surface area contributed by atoms with E-state index in [0.29, 0.717) is 5.92 Å². The van der Waals surface area contributed by atoms with Crippen molar-refractivity contribution in [1.82, 2.24) is 0 Å². The molecule has 0 aromatic carbocycles. The minimum Gasteiger partial charge on any atom is -0.0800 e. The lowest BCUT2D eigenvalue weighted by molar-refractivity contribution is 0.603. The Hall–Kier alpha value is 0.120. The van der Waals surface area contributed by atoms with Gasteiger partial charge in [0.15, 0.2) is 0 Å². The van der Waals surface area contributed by atoms with Crippen LogP contribution in [0.1, 0.15) is 13.8 Å². The third-order valence-electron chi connectivity index (χ3n) is 2.01. The van der Waals surface area contributed by atoms with E-state index in [1.165, 1.54) is 11.0 Å². The van der Waals surface area contributed by atoms with Crippen LogP contribution in [0.5, 0.6) is 0 Å². The van der Waals surface area contributed by atoms with E-state index in [1.54, 1.807) is 0 Å². The van der Waals surface area contributed by atoms with Crippen LogP contribution in [0.4, 0.5) is 0 Å². The van der Waals surface area contributed by atoms with Crippen LogP contribution in [0, 0.1) is 5.92 Å². The molecule has 2 heteroatoms. The molecule has 56 valence electrons. The maximum Gasteiger partial charge on any atom is 0.0525 e. The van der Waals surface area contributed by atoms with Crippen LogP contribution in [0.3, 0.4) is 0 Å². The zero-order valence-electron chi connectivity index (χ0n) is 6.17. The molecule has 2 unspecified atom stereocenters. The molecule has 0 N–H and O–H groups in total. The lowest BCUT2D eigenvalue weighted by Crippen LogP contribution is -2.25. The second kappa shape index (κ2) is 3.02. The minimum atomic E-state index is 0.0936. The van der Waals surface area contributed by atoms with Crippen molar-refractivity contribution in [2.24, 2.45) is 5.92 Å². The topological polar surface area (TPSA) is 0 Å². The predicted octanol–water partition coefficient (Wildman–Crippen LogP) is 3.39. The summed E-state index contributed by atoms with van der Waals surface area (Å²) in [5.74, 6) is 0.528. The normalized spacial score (nSPS) is 38.5. The number of hydrogen-bond acceptors (Lipinski definition) is 1. The fourth-order valence-corrected chi connectivity index (χ4v) is 1.84. The van der Waals surface area contributed by atoms with Gasteiger partial charge in [-0.25, -0.2) is 0 Å². The van der Waals surface area contributed by atoms with Crippen LogP contribution in [0.25, 0.3) is 0 Å². The van der Waals surface area contributed by atoms with Crippen molar-refractivity contribution >= 4 is 21.7 Å². The molecule has 1 rings (SSSR count). The van der Waals surface area contributed by atoms with E-state index in [-0.39, 0.29) is 4.75 Å². The first-order valence-corrected chi connectivity index (χ1v) is 4.99. The quantitative estimate of drug-likeness (QED) is 0.587. The van der Waals surface area contributed by atoms with Crippen molar-refractivity contribution in [3.05, 3.63) is 24.3 Å². The highest BCUT2D eigenvalue weighted by Crippen LogP contribution is 2.39. The zero-order chi connectivity index (χ0) is 7.61. The molecular weight excluding hydrogens is 164 g/mol. The van der Waals surface area contributed by atoms with Gasteiger partial charge in [-0.1, -0.05) is 31.2 Å². The average Bonchev–Trinajstić information content (AvgIpc) is 1.96. The van der Waals surface area contributed by atoms with E-state index in [4.69, 9.17) is 10.7 Å². The Morgan fingerprint density at radius 3 is 2.60 bits per heavy atom. The molecular formula is C8H11ClS. The third-order valence-corrected chi connectivity index (χ3v) is 3.85. The molecule has 0 aromatic rings. The second-order valence-electron chi connectivity index (χ2n) is 2.79. The predicted molar refractivity (Wildman–Crippen MR) is 49.3 cm³/mol. The molecule has 0 fully saturated rings. The summed E-state index contributed by atoms with van der Waals surface area (Å²) in [6.45, 7) is 4.32. The van der Waals surface area contributed by atoms with Gasteiger partial charge in [-0.2, -0.15) is 0 Å². The average molecular weight is 175 g/mol. The summed E-state index contributed by atoms with van der Waals surface area (Å²) >= 11 is 0. The van der Waals surface area contributed by atoms with E-state index < -0.39 is 0 Å². The van der Waals surface area contributed by atoms with Crippen molar-refractivity contribution in [1.29, 1.82) is 0 Å². The Balaban J connectivity index is 2.77. The van der Waals surface area contributed by atoms with E-state index in [2.05, 4.69) is 38.2 Å².